The topological polar surface area (TPSA) is 49.3 Å². The summed E-state index contributed by atoms with van der Waals surface area (Å²) in [5.74, 6) is -0.792. The monoisotopic (exact) mass is 199 g/mol. The number of carbonyl (C=O) groups is 1. The number of allylic oxidation sites excluding steroid dienone is 1. The minimum Gasteiger partial charge on any atom is -0.480 e. The summed E-state index contributed by atoms with van der Waals surface area (Å²) >= 11 is 0. The van der Waals surface area contributed by atoms with Crippen molar-refractivity contribution in [3.63, 3.8) is 0 Å². The molecular weight excluding hydrogens is 178 g/mol. The molecule has 0 rings (SSSR count). The zero-order valence-corrected chi connectivity index (χ0v) is 9.34. The van der Waals surface area contributed by atoms with Crippen LogP contribution < -0.4 is 5.32 Å². The SMILES string of the molecule is C=CCCC(C)(NC(C)CC)C(=O)O. The Morgan fingerprint density at radius 3 is 2.64 bits per heavy atom. The van der Waals surface area contributed by atoms with Gasteiger partial charge >= 0.3 is 5.97 Å². The van der Waals surface area contributed by atoms with Crippen LogP contribution in [-0.2, 0) is 4.79 Å². The number of hydrogen-bond acceptors (Lipinski definition) is 2. The lowest BCUT2D eigenvalue weighted by Gasteiger charge is -2.29. The third kappa shape index (κ3) is 3.92. The smallest absolute Gasteiger partial charge is 0.323 e. The molecule has 0 aliphatic rings. The molecule has 0 bridgehead atoms. The molecular formula is C11H21NO2. The molecule has 14 heavy (non-hydrogen) atoms. The molecule has 0 aliphatic heterocycles. The van der Waals surface area contributed by atoms with E-state index in [-0.39, 0.29) is 6.04 Å². The second-order valence-electron chi connectivity index (χ2n) is 3.92. The van der Waals surface area contributed by atoms with E-state index in [1.165, 1.54) is 0 Å². The van der Waals surface area contributed by atoms with Crippen LogP contribution >= 0.6 is 0 Å². The van der Waals surface area contributed by atoms with E-state index in [0.717, 1.165) is 6.42 Å². The van der Waals surface area contributed by atoms with Gasteiger partial charge in [-0.15, -0.1) is 6.58 Å². The Bertz CT molecular complexity index is 203. The molecule has 2 atom stereocenters. The zero-order chi connectivity index (χ0) is 11.2. The van der Waals surface area contributed by atoms with Gasteiger partial charge in [0.15, 0.2) is 0 Å². The van der Waals surface area contributed by atoms with E-state index in [1.54, 1.807) is 13.0 Å². The Morgan fingerprint density at radius 1 is 1.71 bits per heavy atom. The van der Waals surface area contributed by atoms with Crippen molar-refractivity contribution in [2.75, 3.05) is 0 Å². The average molecular weight is 199 g/mol. The molecule has 0 saturated carbocycles. The third-order valence-corrected chi connectivity index (χ3v) is 2.50. The van der Waals surface area contributed by atoms with Crippen LogP contribution in [0.15, 0.2) is 12.7 Å². The summed E-state index contributed by atoms with van der Waals surface area (Å²) in [5.41, 5.74) is -0.830. The molecule has 2 N–H and O–H groups in total. The first-order valence-electron chi connectivity index (χ1n) is 5.08. The maximum Gasteiger partial charge on any atom is 0.323 e. The summed E-state index contributed by atoms with van der Waals surface area (Å²) in [5, 5.41) is 12.2. The van der Waals surface area contributed by atoms with Crippen LogP contribution in [0.1, 0.15) is 40.0 Å². The van der Waals surface area contributed by atoms with Gasteiger partial charge in [-0.2, -0.15) is 0 Å². The molecule has 0 aromatic rings. The van der Waals surface area contributed by atoms with Crippen LogP contribution in [0.3, 0.4) is 0 Å². The number of aliphatic carboxylic acids is 1. The number of hydrogen-bond donors (Lipinski definition) is 2. The molecule has 0 spiro atoms. The van der Waals surface area contributed by atoms with E-state index in [1.807, 2.05) is 13.8 Å². The highest BCUT2D eigenvalue weighted by molar-refractivity contribution is 5.78. The molecule has 2 unspecified atom stereocenters. The fourth-order valence-electron chi connectivity index (χ4n) is 1.28. The van der Waals surface area contributed by atoms with Gasteiger partial charge in [0, 0.05) is 6.04 Å². The second-order valence-corrected chi connectivity index (χ2v) is 3.92. The van der Waals surface area contributed by atoms with E-state index in [2.05, 4.69) is 11.9 Å². The van der Waals surface area contributed by atoms with Crippen molar-refractivity contribution in [1.82, 2.24) is 5.32 Å². The van der Waals surface area contributed by atoms with Crippen molar-refractivity contribution >= 4 is 5.97 Å². The molecule has 0 amide bonds. The van der Waals surface area contributed by atoms with Gasteiger partial charge in [-0.05, 0) is 33.1 Å². The molecule has 82 valence electrons. The Morgan fingerprint density at radius 2 is 2.29 bits per heavy atom. The van der Waals surface area contributed by atoms with Crippen molar-refractivity contribution in [3.05, 3.63) is 12.7 Å². The highest BCUT2D eigenvalue weighted by Gasteiger charge is 2.32. The summed E-state index contributed by atoms with van der Waals surface area (Å²) in [7, 11) is 0. The van der Waals surface area contributed by atoms with Crippen molar-refractivity contribution in [3.8, 4) is 0 Å². The van der Waals surface area contributed by atoms with Crippen molar-refractivity contribution < 1.29 is 9.90 Å². The first kappa shape index (κ1) is 13.2. The molecule has 0 fully saturated rings. The number of nitrogens with one attached hydrogen (secondary N) is 1. The minimum atomic E-state index is -0.830. The van der Waals surface area contributed by atoms with Gasteiger partial charge in [-0.3, -0.25) is 10.1 Å². The van der Waals surface area contributed by atoms with Crippen LogP contribution in [0.5, 0.6) is 0 Å². The maximum absolute atomic E-state index is 11.1. The van der Waals surface area contributed by atoms with Crippen LogP contribution in [-0.4, -0.2) is 22.7 Å². The molecule has 0 aromatic heterocycles. The summed E-state index contributed by atoms with van der Waals surface area (Å²) in [6, 6.07) is 0.223. The van der Waals surface area contributed by atoms with E-state index in [0.29, 0.717) is 12.8 Å². The van der Waals surface area contributed by atoms with Crippen molar-refractivity contribution in [2.24, 2.45) is 0 Å². The zero-order valence-electron chi connectivity index (χ0n) is 9.34. The summed E-state index contributed by atoms with van der Waals surface area (Å²) in [6.07, 6.45) is 3.97. The predicted molar refractivity (Wildman–Crippen MR) is 58.4 cm³/mol. The van der Waals surface area contributed by atoms with Crippen LogP contribution in [0.2, 0.25) is 0 Å². The lowest BCUT2D eigenvalue weighted by atomic mass is 9.94. The number of carboxylic acid groups (broad SMARTS) is 1. The number of carboxylic acids is 1. The van der Waals surface area contributed by atoms with Crippen LogP contribution in [0.25, 0.3) is 0 Å². The van der Waals surface area contributed by atoms with E-state index in [4.69, 9.17) is 5.11 Å². The van der Waals surface area contributed by atoms with Gasteiger partial charge in [0.05, 0.1) is 0 Å². The lowest BCUT2D eigenvalue weighted by molar-refractivity contribution is -0.144. The average Bonchev–Trinajstić information content (AvgIpc) is 2.14. The number of rotatable bonds is 7. The first-order chi connectivity index (χ1) is 6.46. The molecule has 0 aromatic carbocycles. The quantitative estimate of drug-likeness (QED) is 0.618. The van der Waals surface area contributed by atoms with Gasteiger partial charge in [0.2, 0.25) is 0 Å². The Hall–Kier alpha value is -0.830. The van der Waals surface area contributed by atoms with Gasteiger partial charge < -0.3 is 5.11 Å². The molecule has 0 aliphatic carbocycles. The highest BCUT2D eigenvalue weighted by atomic mass is 16.4. The van der Waals surface area contributed by atoms with Crippen molar-refractivity contribution in [2.45, 2.75) is 51.6 Å². The third-order valence-electron chi connectivity index (χ3n) is 2.50. The first-order valence-corrected chi connectivity index (χ1v) is 5.08. The minimum absolute atomic E-state index is 0.223. The Balaban J connectivity index is 4.38. The van der Waals surface area contributed by atoms with Crippen LogP contribution in [0.4, 0.5) is 0 Å². The normalized spacial score (nSPS) is 17.1. The summed E-state index contributed by atoms with van der Waals surface area (Å²) < 4.78 is 0. The van der Waals surface area contributed by atoms with Gasteiger partial charge in [0.25, 0.3) is 0 Å². The highest BCUT2D eigenvalue weighted by Crippen LogP contribution is 2.14. The Labute approximate surface area is 86.2 Å². The lowest BCUT2D eigenvalue weighted by Crippen LogP contribution is -2.52. The Kier molecular flexibility index (Phi) is 5.46. The van der Waals surface area contributed by atoms with Gasteiger partial charge in [-0.1, -0.05) is 13.0 Å². The molecule has 3 heteroatoms. The van der Waals surface area contributed by atoms with E-state index in [9.17, 15) is 4.79 Å². The summed E-state index contributed by atoms with van der Waals surface area (Å²) in [4.78, 5) is 11.1. The molecule has 3 nitrogen and oxygen atoms in total. The van der Waals surface area contributed by atoms with Crippen LogP contribution in [0, 0.1) is 0 Å². The maximum atomic E-state index is 11.1. The molecule has 0 radical (unpaired) electrons. The molecule has 0 heterocycles. The molecule has 0 saturated heterocycles. The second kappa shape index (κ2) is 5.81. The fourth-order valence-corrected chi connectivity index (χ4v) is 1.28. The van der Waals surface area contributed by atoms with Crippen molar-refractivity contribution in [1.29, 1.82) is 0 Å². The summed E-state index contributed by atoms with van der Waals surface area (Å²) in [6.45, 7) is 9.36. The predicted octanol–water partition coefficient (Wildman–Crippen LogP) is 2.18. The standard InChI is InChI=1S/C11H21NO2/c1-5-7-8-11(4,10(13)14)12-9(3)6-2/h5,9,12H,1,6-8H2,2-4H3,(H,13,14). The van der Waals surface area contributed by atoms with Gasteiger partial charge in [-0.25, -0.2) is 0 Å². The van der Waals surface area contributed by atoms with E-state index < -0.39 is 11.5 Å². The van der Waals surface area contributed by atoms with E-state index >= 15 is 0 Å². The largest absolute Gasteiger partial charge is 0.480 e. The van der Waals surface area contributed by atoms with Gasteiger partial charge in [0.1, 0.15) is 5.54 Å². The fraction of sp³-hybridized carbons (Fsp3) is 0.727.